The Hall–Kier alpha value is -9.36. The fraction of sp³-hybridized carbons (Fsp3) is 0.250. The molecule has 3 aromatic heterocycles. The normalized spacial score (nSPS) is 20.2. The molecule has 12 rings (SSSR count). The van der Waals surface area contributed by atoms with E-state index in [1.807, 2.05) is 109 Å². The molecule has 3 fully saturated rings. The Balaban J connectivity index is 0.765. The van der Waals surface area contributed by atoms with Crippen LogP contribution in [0.5, 0.6) is 0 Å². The third-order valence-electron chi connectivity index (χ3n) is 16.4. The smallest absolute Gasteiger partial charge is 0.249 e. The summed E-state index contributed by atoms with van der Waals surface area (Å²) in [5.41, 5.74) is 8.84. The second-order valence-electron chi connectivity index (χ2n) is 21.5. The number of likely N-dealkylation sites (tertiary alicyclic amines) is 3. The first-order valence-corrected chi connectivity index (χ1v) is 27.6. The van der Waals surface area contributed by atoms with Crippen molar-refractivity contribution in [2.24, 2.45) is 0 Å². The number of nitrogens with zero attached hydrogens (tertiary/aromatic N) is 3. The van der Waals surface area contributed by atoms with Gasteiger partial charge in [0, 0.05) is 93.9 Å². The molecule has 3 saturated heterocycles. The summed E-state index contributed by atoms with van der Waals surface area (Å²) in [4.78, 5) is 96.9. The van der Waals surface area contributed by atoms with E-state index in [2.05, 4.69) is 30.9 Å². The van der Waals surface area contributed by atoms with Gasteiger partial charge in [0.25, 0.3) is 0 Å². The molecule has 18 heteroatoms. The Morgan fingerprint density at radius 1 is 0.402 bits per heavy atom. The van der Waals surface area contributed by atoms with Crippen molar-refractivity contribution in [2.45, 2.75) is 80.9 Å². The number of nitrogens with one attached hydrogen (secondary N) is 6. The van der Waals surface area contributed by atoms with E-state index in [9.17, 15) is 44.1 Å². The fourth-order valence-corrected chi connectivity index (χ4v) is 12.2. The minimum Gasteiger partial charge on any atom is -0.390 e. The van der Waals surface area contributed by atoms with Crippen molar-refractivity contribution in [1.29, 1.82) is 0 Å². The highest BCUT2D eigenvalue weighted by Crippen LogP contribution is 2.36. The van der Waals surface area contributed by atoms with E-state index in [0.717, 1.165) is 66.1 Å². The summed E-state index contributed by atoms with van der Waals surface area (Å²) in [5, 5.41) is 44.6. The molecule has 0 aliphatic carbocycles. The molecule has 6 heterocycles. The molecular weight excluding hydrogens is 1040 g/mol. The van der Waals surface area contributed by atoms with Crippen molar-refractivity contribution in [2.75, 3.05) is 35.6 Å². The molecule has 3 aliphatic rings. The summed E-state index contributed by atoms with van der Waals surface area (Å²) in [7, 11) is 0. The average molecular weight is 1100 g/mol. The van der Waals surface area contributed by atoms with E-state index in [1.165, 1.54) is 14.7 Å². The maximum atomic E-state index is 14.0. The highest BCUT2D eigenvalue weighted by molar-refractivity contribution is 6.01. The first kappa shape index (κ1) is 53.3. The van der Waals surface area contributed by atoms with Crippen LogP contribution < -0.4 is 16.0 Å². The molecule has 6 amide bonds. The number of aliphatic hydroxyl groups excluding tert-OH is 3. The van der Waals surface area contributed by atoms with Gasteiger partial charge in [0.15, 0.2) is 0 Å². The first-order chi connectivity index (χ1) is 39.8. The molecule has 0 radical (unpaired) electrons. The number of aromatic amines is 3. The van der Waals surface area contributed by atoms with Gasteiger partial charge < -0.3 is 60.9 Å². The lowest BCUT2D eigenvalue weighted by atomic mass is 9.85. The summed E-state index contributed by atoms with van der Waals surface area (Å²) < 4.78 is 0. The van der Waals surface area contributed by atoms with Crippen LogP contribution in [-0.2, 0) is 48.0 Å². The molecule has 6 atom stereocenters. The Morgan fingerprint density at radius 3 is 0.951 bits per heavy atom. The number of hydrogen-bond donors (Lipinski definition) is 9. The number of carbonyl (C=O) groups excluding carboxylic acids is 6. The monoisotopic (exact) mass is 1100 g/mol. The quantitative estimate of drug-likeness (QED) is 0.0492. The van der Waals surface area contributed by atoms with Gasteiger partial charge in [0.2, 0.25) is 35.4 Å². The van der Waals surface area contributed by atoms with E-state index in [1.54, 1.807) is 55.0 Å². The Morgan fingerprint density at radius 2 is 0.671 bits per heavy atom. The highest BCUT2D eigenvalue weighted by atomic mass is 16.3. The number of anilines is 3. The Kier molecular flexibility index (Phi) is 14.7. The number of aliphatic hydroxyl groups is 3. The van der Waals surface area contributed by atoms with Crippen LogP contribution in [0.15, 0.2) is 164 Å². The molecule has 18 nitrogen and oxygen atoms in total. The second kappa shape index (κ2) is 22.6. The van der Waals surface area contributed by atoms with Crippen molar-refractivity contribution >= 4 is 85.2 Å². The molecule has 0 bridgehead atoms. The third-order valence-corrected chi connectivity index (χ3v) is 16.4. The van der Waals surface area contributed by atoms with Crippen LogP contribution >= 0.6 is 0 Å². The number of fused-ring (bicyclic) bond motifs is 3. The van der Waals surface area contributed by atoms with Crippen molar-refractivity contribution < 1.29 is 44.1 Å². The van der Waals surface area contributed by atoms with Crippen molar-refractivity contribution in [3.63, 3.8) is 0 Å². The molecule has 9 N–H and O–H groups in total. The summed E-state index contributed by atoms with van der Waals surface area (Å²) in [6, 6.07) is 41.4. The molecule has 3 unspecified atom stereocenters. The van der Waals surface area contributed by atoms with Gasteiger partial charge in [0.05, 0.1) is 37.6 Å². The zero-order valence-corrected chi connectivity index (χ0v) is 44.6. The zero-order chi connectivity index (χ0) is 56.6. The lowest BCUT2D eigenvalue weighted by molar-refractivity contribution is -0.138. The molecule has 9 aromatic rings. The van der Waals surface area contributed by atoms with E-state index in [0.29, 0.717) is 17.1 Å². The first-order valence-electron chi connectivity index (χ1n) is 27.6. The molecule has 0 saturated carbocycles. The van der Waals surface area contributed by atoms with Crippen LogP contribution in [0.3, 0.4) is 0 Å². The lowest BCUT2D eigenvalue weighted by Crippen LogP contribution is -2.48. The van der Waals surface area contributed by atoms with Gasteiger partial charge in [0.1, 0.15) is 18.1 Å². The number of H-pyrrole nitrogens is 3. The van der Waals surface area contributed by atoms with Gasteiger partial charge in [-0.1, -0.05) is 91.0 Å². The summed E-state index contributed by atoms with van der Waals surface area (Å²) >= 11 is 0. The van der Waals surface area contributed by atoms with E-state index >= 15 is 0 Å². The number of hydrogen-bond acceptors (Lipinski definition) is 9. The second-order valence-corrected chi connectivity index (χ2v) is 21.5. The van der Waals surface area contributed by atoms with Crippen LogP contribution in [0.4, 0.5) is 17.1 Å². The topological polar surface area (TPSA) is 256 Å². The third kappa shape index (κ3) is 10.6. The van der Waals surface area contributed by atoms with Crippen LogP contribution in [0.2, 0.25) is 0 Å². The van der Waals surface area contributed by atoms with Gasteiger partial charge in [-0.25, -0.2) is 0 Å². The highest BCUT2D eigenvalue weighted by Gasteiger charge is 2.43. The SMILES string of the molecule is O=C(Nc1ccc(C(c2ccc(NC(=O)[C@H]3C(O)CCN3C(=O)Cc3c[nH]c4ccccc34)cc2)c2ccc(NC(=O)[C@H]3C(O)CCN3C(=O)Cc3c[nH]c4ccccc34)cc2)cc1)[C@H]1C(O)CCN1C(=O)Cc1c[nH]c2ccccc12. The number of aromatic nitrogens is 3. The van der Waals surface area contributed by atoms with Gasteiger partial charge in [-0.3, -0.25) is 28.8 Å². The van der Waals surface area contributed by atoms with Crippen LogP contribution in [-0.4, -0.2) is 136 Å². The molecule has 0 spiro atoms. The number of carbonyl (C=O) groups is 6. The number of amides is 6. The predicted octanol–water partition coefficient (Wildman–Crippen LogP) is 6.74. The summed E-state index contributed by atoms with van der Waals surface area (Å²) in [6.45, 7) is 0.685. The van der Waals surface area contributed by atoms with E-state index in [4.69, 9.17) is 0 Å². The molecule has 3 aliphatic heterocycles. The minimum absolute atomic E-state index is 0.0595. The average Bonchev–Trinajstić information content (AvgIpc) is 4.53. The molecule has 82 heavy (non-hydrogen) atoms. The van der Waals surface area contributed by atoms with Crippen molar-refractivity contribution in [1.82, 2.24) is 29.7 Å². The number of rotatable bonds is 15. The molecule has 6 aromatic carbocycles. The zero-order valence-electron chi connectivity index (χ0n) is 44.6. The molecular formula is C64H61N9O9. The maximum Gasteiger partial charge on any atom is 0.249 e. The van der Waals surface area contributed by atoms with Gasteiger partial charge in [-0.05, 0) is 107 Å². The molecule has 416 valence electrons. The maximum absolute atomic E-state index is 14.0. The van der Waals surface area contributed by atoms with E-state index < -0.39 is 60.1 Å². The van der Waals surface area contributed by atoms with Gasteiger partial charge in [-0.15, -0.1) is 0 Å². The lowest BCUT2D eigenvalue weighted by Gasteiger charge is -2.26. The van der Waals surface area contributed by atoms with Crippen LogP contribution in [0.25, 0.3) is 32.7 Å². The van der Waals surface area contributed by atoms with Gasteiger partial charge in [-0.2, -0.15) is 0 Å². The van der Waals surface area contributed by atoms with Crippen molar-refractivity contribution in [3.05, 3.63) is 198 Å². The van der Waals surface area contributed by atoms with Crippen LogP contribution in [0, 0.1) is 0 Å². The summed E-state index contributed by atoms with van der Waals surface area (Å²) in [5.74, 6) is -2.82. The minimum atomic E-state index is -1.10. The standard InChI is InChI=1S/C64H61N9O9/c74-52-25-28-71(55(77)31-40-34-65-49-10-4-1-7-46(40)49)59(52)62(80)68-43-19-13-37(14-20-43)58(38-15-21-44(22-16-38)69-63(81)60-53(75)26-29-72(60)56(78)32-41-35-66-50-11-5-2-8-47(41)50)39-17-23-45(24-18-39)70-64(82)61-54(76)27-30-73(61)57(79)33-42-36-67-51-12-6-3-9-48(42)51/h1-24,34-36,52-54,58-61,65-67,74-76H,25-33H2,(H,68,80)(H,69,81)(H,70,82)/t52?,53?,54?,58?,59-,60-,61-/m1/s1. The fourth-order valence-electron chi connectivity index (χ4n) is 12.2. The largest absolute Gasteiger partial charge is 0.390 e. The Labute approximate surface area is 471 Å². The van der Waals surface area contributed by atoms with E-state index in [-0.39, 0.29) is 75.9 Å². The van der Waals surface area contributed by atoms with Crippen molar-refractivity contribution in [3.8, 4) is 0 Å². The number of para-hydroxylation sites is 3. The number of benzene rings is 6. The predicted molar refractivity (Wildman–Crippen MR) is 311 cm³/mol. The van der Waals surface area contributed by atoms with Gasteiger partial charge >= 0.3 is 0 Å². The summed E-state index contributed by atoms with van der Waals surface area (Å²) in [6.07, 6.45) is 3.15. The Bertz CT molecular complexity index is 3470. The van der Waals surface area contributed by atoms with Crippen LogP contribution in [0.1, 0.15) is 58.6 Å².